The Morgan fingerprint density at radius 1 is 1.53 bits per heavy atom. The number of nitrogens with zero attached hydrogens (tertiary/aromatic N) is 1. The van der Waals surface area contributed by atoms with E-state index in [9.17, 15) is 0 Å². The molecule has 0 unspecified atom stereocenters. The van der Waals surface area contributed by atoms with Gasteiger partial charge in [0, 0.05) is 16.5 Å². The smallest absolute Gasteiger partial charge is 0.225 e. The van der Waals surface area contributed by atoms with Crippen molar-refractivity contribution in [2.24, 2.45) is 5.92 Å². The summed E-state index contributed by atoms with van der Waals surface area (Å²) in [6.45, 7) is 4.31. The summed E-state index contributed by atoms with van der Waals surface area (Å²) in [4.78, 5) is 0. The molecule has 0 spiro atoms. The molecule has 2 rings (SSSR count). The molecule has 0 atom stereocenters. The van der Waals surface area contributed by atoms with E-state index in [1.807, 2.05) is 11.4 Å². The number of aromatic nitrogens is 1. The lowest BCUT2D eigenvalue weighted by Gasteiger charge is -2.03. The van der Waals surface area contributed by atoms with Crippen molar-refractivity contribution in [3.8, 4) is 11.3 Å². The number of hydrogen-bond acceptors (Lipinski definition) is 4. The van der Waals surface area contributed by atoms with Crippen molar-refractivity contribution in [2.75, 3.05) is 5.73 Å². The Hall–Kier alpha value is -1.29. The van der Waals surface area contributed by atoms with Crippen LogP contribution in [0, 0.1) is 5.92 Å². The highest BCUT2D eigenvalue weighted by Crippen LogP contribution is 2.30. The molecule has 2 N–H and O–H groups in total. The molecule has 2 heterocycles. The fraction of sp³-hybridized carbons (Fsp3) is 0.364. The molecule has 0 radical (unpaired) electrons. The van der Waals surface area contributed by atoms with Crippen LogP contribution in [0.15, 0.2) is 21.3 Å². The summed E-state index contributed by atoms with van der Waals surface area (Å²) < 4.78 is 5.05. The van der Waals surface area contributed by atoms with Crippen molar-refractivity contribution in [1.29, 1.82) is 0 Å². The number of thiophene rings is 1. The molecule has 0 aliphatic heterocycles. The Morgan fingerprint density at radius 2 is 2.33 bits per heavy atom. The van der Waals surface area contributed by atoms with Gasteiger partial charge in [0.2, 0.25) is 5.88 Å². The van der Waals surface area contributed by atoms with Gasteiger partial charge in [0.15, 0.2) is 0 Å². The molecule has 0 bridgehead atoms. The van der Waals surface area contributed by atoms with E-state index in [0.29, 0.717) is 11.8 Å². The second-order valence-electron chi connectivity index (χ2n) is 3.98. The van der Waals surface area contributed by atoms with Gasteiger partial charge in [0.05, 0.1) is 0 Å². The van der Waals surface area contributed by atoms with Gasteiger partial charge in [-0.25, -0.2) is 0 Å². The third-order valence-electron chi connectivity index (χ3n) is 2.23. The monoisotopic (exact) mass is 222 g/mol. The average Bonchev–Trinajstić information content (AvgIpc) is 2.76. The van der Waals surface area contributed by atoms with Crippen LogP contribution in [0.25, 0.3) is 11.3 Å². The summed E-state index contributed by atoms with van der Waals surface area (Å²) >= 11 is 1.65. The summed E-state index contributed by atoms with van der Waals surface area (Å²) in [6, 6.07) is 2.03. The highest BCUT2D eigenvalue weighted by atomic mass is 32.1. The molecule has 80 valence electrons. The maximum absolute atomic E-state index is 5.77. The maximum Gasteiger partial charge on any atom is 0.225 e. The van der Waals surface area contributed by atoms with Gasteiger partial charge in [-0.1, -0.05) is 19.0 Å². The van der Waals surface area contributed by atoms with Crippen LogP contribution in [0.3, 0.4) is 0 Å². The van der Waals surface area contributed by atoms with Crippen molar-refractivity contribution in [3.63, 3.8) is 0 Å². The van der Waals surface area contributed by atoms with Crippen LogP contribution < -0.4 is 5.73 Å². The molecule has 0 aromatic carbocycles. The van der Waals surface area contributed by atoms with Gasteiger partial charge < -0.3 is 10.3 Å². The first-order valence-corrected chi connectivity index (χ1v) is 5.89. The first-order valence-electron chi connectivity index (χ1n) is 4.95. The Morgan fingerprint density at radius 3 is 2.93 bits per heavy atom. The Bertz CT molecular complexity index is 431. The van der Waals surface area contributed by atoms with E-state index in [1.165, 1.54) is 0 Å². The molecular formula is C11H14N2OS. The highest BCUT2D eigenvalue weighted by molar-refractivity contribution is 7.08. The lowest BCUT2D eigenvalue weighted by atomic mass is 10.0. The minimum absolute atomic E-state index is 0.449. The van der Waals surface area contributed by atoms with Crippen molar-refractivity contribution < 1.29 is 4.52 Å². The lowest BCUT2D eigenvalue weighted by molar-refractivity contribution is 0.438. The Kier molecular flexibility index (Phi) is 2.77. The van der Waals surface area contributed by atoms with Crippen LogP contribution in [0.4, 0.5) is 5.88 Å². The van der Waals surface area contributed by atoms with Crippen molar-refractivity contribution >= 4 is 17.2 Å². The van der Waals surface area contributed by atoms with Gasteiger partial charge in [0.25, 0.3) is 0 Å². The molecule has 0 saturated heterocycles. The fourth-order valence-corrected chi connectivity index (χ4v) is 2.19. The third-order valence-corrected chi connectivity index (χ3v) is 2.91. The van der Waals surface area contributed by atoms with Crippen molar-refractivity contribution in [1.82, 2.24) is 5.16 Å². The molecule has 15 heavy (non-hydrogen) atoms. The van der Waals surface area contributed by atoms with Gasteiger partial charge in [-0.3, -0.25) is 0 Å². The molecule has 4 heteroatoms. The van der Waals surface area contributed by atoms with E-state index < -0.39 is 0 Å². The van der Waals surface area contributed by atoms with Crippen LogP contribution in [-0.2, 0) is 6.42 Å². The Balaban J connectivity index is 2.40. The minimum Gasteiger partial charge on any atom is -0.367 e. The second kappa shape index (κ2) is 4.06. The largest absolute Gasteiger partial charge is 0.367 e. The summed E-state index contributed by atoms with van der Waals surface area (Å²) in [7, 11) is 0. The van der Waals surface area contributed by atoms with E-state index in [4.69, 9.17) is 10.3 Å². The van der Waals surface area contributed by atoms with Crippen LogP contribution in [0.1, 0.15) is 19.4 Å². The first-order chi connectivity index (χ1) is 7.18. The molecule has 0 fully saturated rings. The number of rotatable bonds is 3. The number of hydrogen-bond donors (Lipinski definition) is 1. The van der Waals surface area contributed by atoms with Gasteiger partial charge in [-0.15, -0.1) is 0 Å². The SMILES string of the molecule is CC(C)Cc1c(-c2ccsc2)noc1N. The van der Waals surface area contributed by atoms with E-state index in [-0.39, 0.29) is 0 Å². The zero-order valence-electron chi connectivity index (χ0n) is 8.86. The highest BCUT2D eigenvalue weighted by Gasteiger charge is 2.16. The molecule has 0 amide bonds. The van der Waals surface area contributed by atoms with Crippen LogP contribution >= 0.6 is 11.3 Å². The van der Waals surface area contributed by atoms with Crippen LogP contribution in [-0.4, -0.2) is 5.16 Å². The standard InChI is InChI=1S/C11H14N2OS/c1-7(2)5-9-10(13-14-11(9)12)8-3-4-15-6-8/h3-4,6-7H,5,12H2,1-2H3. The zero-order valence-corrected chi connectivity index (χ0v) is 9.67. The molecular weight excluding hydrogens is 208 g/mol. The summed E-state index contributed by atoms with van der Waals surface area (Å²) in [5.41, 5.74) is 8.79. The summed E-state index contributed by atoms with van der Waals surface area (Å²) in [5, 5.41) is 8.10. The molecule has 0 aliphatic rings. The zero-order chi connectivity index (χ0) is 10.8. The van der Waals surface area contributed by atoms with E-state index in [2.05, 4.69) is 24.4 Å². The van der Waals surface area contributed by atoms with Gasteiger partial charge in [-0.2, -0.15) is 11.3 Å². The summed E-state index contributed by atoms with van der Waals surface area (Å²) in [5.74, 6) is 0.994. The quantitative estimate of drug-likeness (QED) is 0.867. The number of anilines is 1. The average molecular weight is 222 g/mol. The van der Waals surface area contributed by atoms with Gasteiger partial charge in [-0.05, 0) is 23.8 Å². The first kappa shape index (κ1) is 10.2. The molecule has 0 aliphatic carbocycles. The van der Waals surface area contributed by atoms with Gasteiger partial charge >= 0.3 is 0 Å². The third kappa shape index (κ3) is 2.04. The predicted octanol–water partition coefficient (Wildman–Crippen LogP) is 3.18. The van der Waals surface area contributed by atoms with Crippen molar-refractivity contribution in [3.05, 3.63) is 22.4 Å². The van der Waals surface area contributed by atoms with Crippen LogP contribution in [0.5, 0.6) is 0 Å². The molecule has 2 aromatic rings. The van der Waals surface area contributed by atoms with E-state index in [1.54, 1.807) is 11.3 Å². The van der Waals surface area contributed by atoms with E-state index in [0.717, 1.165) is 23.2 Å². The number of nitrogen functional groups attached to an aromatic ring is 1. The van der Waals surface area contributed by atoms with Gasteiger partial charge in [0.1, 0.15) is 5.69 Å². The lowest BCUT2D eigenvalue weighted by Crippen LogP contribution is -1.98. The minimum atomic E-state index is 0.449. The molecule has 2 aromatic heterocycles. The maximum atomic E-state index is 5.77. The fourth-order valence-electron chi connectivity index (χ4n) is 1.55. The van der Waals surface area contributed by atoms with E-state index >= 15 is 0 Å². The predicted molar refractivity (Wildman–Crippen MR) is 62.8 cm³/mol. The molecule has 0 saturated carbocycles. The number of nitrogens with two attached hydrogens (primary N) is 1. The Labute approximate surface area is 92.9 Å². The summed E-state index contributed by atoms with van der Waals surface area (Å²) in [6.07, 6.45) is 0.903. The van der Waals surface area contributed by atoms with Crippen LogP contribution in [0.2, 0.25) is 0 Å². The van der Waals surface area contributed by atoms with Crippen molar-refractivity contribution in [2.45, 2.75) is 20.3 Å². The normalized spacial score (nSPS) is 11.1. The molecule has 3 nitrogen and oxygen atoms in total. The second-order valence-corrected chi connectivity index (χ2v) is 4.76. The topological polar surface area (TPSA) is 52.0 Å².